The highest BCUT2D eigenvalue weighted by molar-refractivity contribution is 5.88. The van der Waals surface area contributed by atoms with Crippen molar-refractivity contribution < 1.29 is 78.9 Å². The Morgan fingerprint density at radius 2 is 1.51 bits per heavy atom. The fourth-order valence-corrected chi connectivity index (χ4v) is 4.85. The average Bonchev–Trinajstić information content (AvgIpc) is 3.32. The second-order valence-corrected chi connectivity index (χ2v) is 10.6. The lowest BCUT2D eigenvalue weighted by atomic mass is 9.99. The van der Waals surface area contributed by atoms with Crippen molar-refractivity contribution in [2.75, 3.05) is 26.9 Å². The molecule has 47 heavy (non-hydrogen) atoms. The summed E-state index contributed by atoms with van der Waals surface area (Å²) in [5.41, 5.74) is 0.978. The number of hydrogen-bond acceptors (Lipinski definition) is 16. The third-order valence-corrected chi connectivity index (χ3v) is 7.41. The van der Waals surface area contributed by atoms with Crippen molar-refractivity contribution in [3.63, 3.8) is 0 Å². The van der Waals surface area contributed by atoms with Crippen molar-refractivity contribution in [1.29, 1.82) is 0 Å². The molecule has 2 aromatic rings. The van der Waals surface area contributed by atoms with Gasteiger partial charge in [-0.05, 0) is 47.5 Å². The van der Waals surface area contributed by atoms with Crippen LogP contribution in [0.15, 0.2) is 54.6 Å². The summed E-state index contributed by atoms with van der Waals surface area (Å²) < 4.78 is 32.4. The van der Waals surface area contributed by atoms with Crippen molar-refractivity contribution in [1.82, 2.24) is 0 Å². The van der Waals surface area contributed by atoms with Gasteiger partial charge < -0.3 is 69.3 Å². The van der Waals surface area contributed by atoms with Crippen molar-refractivity contribution in [2.45, 2.75) is 54.8 Å². The summed E-state index contributed by atoms with van der Waals surface area (Å²) in [5.74, 6) is -4.42. The molecule has 2 aliphatic heterocycles. The van der Waals surface area contributed by atoms with Crippen LogP contribution in [0.4, 0.5) is 0 Å². The van der Waals surface area contributed by atoms with Gasteiger partial charge in [-0.3, -0.25) is 0 Å². The third kappa shape index (κ3) is 8.44. The highest BCUT2D eigenvalue weighted by Gasteiger charge is 2.61. The van der Waals surface area contributed by atoms with Gasteiger partial charge in [-0.15, -0.1) is 0 Å². The minimum absolute atomic E-state index is 0.0294. The van der Waals surface area contributed by atoms with Crippen LogP contribution in [0.25, 0.3) is 12.2 Å². The van der Waals surface area contributed by atoms with Crippen LogP contribution in [-0.2, 0) is 33.3 Å². The number of ether oxygens (including phenoxy) is 6. The van der Waals surface area contributed by atoms with Crippen LogP contribution in [0.5, 0.6) is 17.2 Å². The van der Waals surface area contributed by atoms with Gasteiger partial charge in [0.2, 0.25) is 5.79 Å². The van der Waals surface area contributed by atoms with E-state index in [1.165, 1.54) is 49.6 Å². The van der Waals surface area contributed by atoms with E-state index in [0.29, 0.717) is 11.1 Å². The van der Waals surface area contributed by atoms with Gasteiger partial charge in [0, 0.05) is 12.2 Å². The number of methoxy groups -OCH3 is 1. The third-order valence-electron chi connectivity index (χ3n) is 7.41. The zero-order valence-corrected chi connectivity index (χ0v) is 24.9. The largest absolute Gasteiger partial charge is 0.508 e. The van der Waals surface area contributed by atoms with Crippen molar-refractivity contribution in [2.24, 2.45) is 0 Å². The Bertz CT molecular complexity index is 1430. The molecule has 2 aliphatic rings. The first-order valence-electron chi connectivity index (χ1n) is 14.3. The van der Waals surface area contributed by atoms with E-state index in [2.05, 4.69) is 0 Å². The van der Waals surface area contributed by atoms with Crippen LogP contribution >= 0.6 is 0 Å². The van der Waals surface area contributed by atoms with Gasteiger partial charge in [0.1, 0.15) is 55.6 Å². The Kier molecular flexibility index (Phi) is 11.9. The molecule has 2 fully saturated rings. The van der Waals surface area contributed by atoms with E-state index >= 15 is 0 Å². The number of hydrogen-bond donors (Lipinski definition) is 8. The molecule has 0 bridgehead atoms. The van der Waals surface area contributed by atoms with Gasteiger partial charge in [-0.1, -0.05) is 18.2 Å². The number of aliphatic hydroxyl groups is 6. The molecule has 8 N–H and O–H groups in total. The van der Waals surface area contributed by atoms with E-state index in [0.717, 1.165) is 12.2 Å². The zero-order chi connectivity index (χ0) is 34.3. The number of rotatable bonds is 12. The van der Waals surface area contributed by atoms with Gasteiger partial charge in [-0.2, -0.15) is 0 Å². The first-order valence-corrected chi connectivity index (χ1v) is 14.3. The molecule has 0 amide bonds. The van der Waals surface area contributed by atoms with E-state index in [9.17, 15) is 50.4 Å². The van der Waals surface area contributed by atoms with Crippen LogP contribution in [0.2, 0.25) is 0 Å². The zero-order valence-electron chi connectivity index (χ0n) is 24.9. The monoisotopic (exact) mass is 664 g/mol. The van der Waals surface area contributed by atoms with Gasteiger partial charge >= 0.3 is 11.9 Å². The summed E-state index contributed by atoms with van der Waals surface area (Å²) in [4.78, 5) is 25.3. The predicted octanol–water partition coefficient (Wildman–Crippen LogP) is -1.45. The smallest absolute Gasteiger partial charge is 0.331 e. The number of aliphatic hydroxyl groups excluding tert-OH is 6. The molecule has 0 spiro atoms. The molecule has 0 radical (unpaired) electrons. The summed E-state index contributed by atoms with van der Waals surface area (Å²) >= 11 is 0. The summed E-state index contributed by atoms with van der Waals surface area (Å²) in [5, 5.41) is 81.2. The molecule has 0 saturated carbocycles. The van der Waals surface area contributed by atoms with Gasteiger partial charge in [0.25, 0.3) is 0 Å². The maximum absolute atomic E-state index is 12.9. The molecule has 0 unspecified atom stereocenters. The number of esters is 2. The average molecular weight is 665 g/mol. The van der Waals surface area contributed by atoms with Crippen molar-refractivity contribution in [3.8, 4) is 17.2 Å². The fourth-order valence-electron chi connectivity index (χ4n) is 4.85. The quantitative estimate of drug-likeness (QED) is 0.0955. The molecule has 16 nitrogen and oxygen atoms in total. The molecule has 256 valence electrons. The number of carbonyl (C=O) groups excluding carboxylic acids is 2. The highest BCUT2D eigenvalue weighted by Crippen LogP contribution is 2.38. The molecule has 16 heteroatoms. The predicted molar refractivity (Wildman–Crippen MR) is 157 cm³/mol. The van der Waals surface area contributed by atoms with Crippen molar-refractivity contribution in [3.05, 3.63) is 65.7 Å². The molecule has 4 rings (SSSR count). The molecule has 2 saturated heterocycles. The lowest BCUT2D eigenvalue weighted by Crippen LogP contribution is -2.63. The minimum atomic E-state index is -2.49. The van der Waals surface area contributed by atoms with E-state index < -0.39 is 86.6 Å². The standard InChI is InChI=1S/C31H36O16/c1-42-20-12-17(4-9-19(20)35)6-11-24(37)45-29-26(39)22(14-43-23(36)10-5-16-2-7-18(34)8-3-16)46-31(29,15-33)47-30-28(41)27(40)25(38)21(13-32)44-30/h2-12,21-22,25-30,32-35,38-41H,13-15H2,1H3/t21-,22-,25-,26-,27+,28-,29-,30+,31+/m1/s1. The topological polar surface area (TPSA) is 251 Å². The normalized spacial score (nSPS) is 30.9. The molecule has 2 aromatic carbocycles. The first kappa shape index (κ1) is 35.7. The van der Waals surface area contributed by atoms with Crippen LogP contribution in [0.3, 0.4) is 0 Å². The second kappa shape index (κ2) is 15.7. The number of aromatic hydroxyl groups is 2. The Labute approximate surface area is 267 Å². The molecular weight excluding hydrogens is 628 g/mol. The Hall–Kier alpha value is -4.10. The molecule has 9 atom stereocenters. The maximum atomic E-state index is 12.9. The Balaban J connectivity index is 1.54. The van der Waals surface area contributed by atoms with Gasteiger partial charge in [-0.25, -0.2) is 9.59 Å². The summed E-state index contributed by atoms with van der Waals surface area (Å²) in [6, 6.07) is 10.1. The summed E-state index contributed by atoms with van der Waals surface area (Å²) in [7, 11) is 1.34. The summed E-state index contributed by atoms with van der Waals surface area (Å²) in [6.45, 7) is -2.58. The Morgan fingerprint density at radius 3 is 2.17 bits per heavy atom. The number of carbonyl (C=O) groups is 2. The first-order chi connectivity index (χ1) is 22.4. The van der Waals surface area contributed by atoms with E-state index in [-0.39, 0.29) is 17.2 Å². The second-order valence-electron chi connectivity index (χ2n) is 10.6. The van der Waals surface area contributed by atoms with Crippen LogP contribution in [-0.4, -0.2) is 135 Å². The van der Waals surface area contributed by atoms with E-state index in [1.807, 2.05) is 0 Å². The van der Waals surface area contributed by atoms with Gasteiger partial charge in [0.05, 0.1) is 13.7 Å². The molecule has 0 aliphatic carbocycles. The van der Waals surface area contributed by atoms with E-state index in [4.69, 9.17) is 28.4 Å². The fraction of sp³-hybridized carbons (Fsp3) is 0.419. The number of benzene rings is 2. The molecular formula is C31H36O16. The van der Waals surface area contributed by atoms with Crippen LogP contribution in [0.1, 0.15) is 11.1 Å². The Morgan fingerprint density at radius 1 is 0.851 bits per heavy atom. The lowest BCUT2D eigenvalue weighted by Gasteiger charge is -2.43. The van der Waals surface area contributed by atoms with E-state index in [1.54, 1.807) is 12.1 Å². The maximum Gasteiger partial charge on any atom is 0.331 e. The summed E-state index contributed by atoms with van der Waals surface area (Å²) in [6.07, 6.45) is -9.32. The number of phenolic OH excluding ortho intramolecular Hbond substituents is 2. The van der Waals surface area contributed by atoms with Gasteiger partial charge in [0.15, 0.2) is 23.9 Å². The number of phenols is 2. The molecule has 2 heterocycles. The van der Waals surface area contributed by atoms with Crippen molar-refractivity contribution >= 4 is 24.1 Å². The molecule has 0 aromatic heterocycles. The van der Waals surface area contributed by atoms with Crippen LogP contribution < -0.4 is 4.74 Å². The highest BCUT2D eigenvalue weighted by atomic mass is 16.8. The minimum Gasteiger partial charge on any atom is -0.508 e. The SMILES string of the molecule is COc1cc(C=CC(=O)O[C@@H]2[C@H](O)[C@@H](COC(=O)C=Cc3ccc(O)cc3)O[C@@]2(CO)O[C@@H]2O[C@H](CO)[C@@H](O)[C@H](O)[C@H]2O)ccc1O. The van der Waals surface area contributed by atoms with Crippen LogP contribution in [0, 0.1) is 0 Å². The lowest BCUT2D eigenvalue weighted by molar-refractivity contribution is -0.383.